The van der Waals surface area contributed by atoms with Gasteiger partial charge in [-0.15, -0.1) is 0 Å². The fourth-order valence-electron chi connectivity index (χ4n) is 10.5. The molecule has 0 aliphatic carbocycles. The van der Waals surface area contributed by atoms with E-state index in [2.05, 4.69) is 37.2 Å². The number of phenols is 1. The van der Waals surface area contributed by atoms with Gasteiger partial charge in [-0.3, -0.25) is 53.2 Å². The first-order valence-electron chi connectivity index (χ1n) is 32.2. The molecule has 0 bridgehead atoms. The van der Waals surface area contributed by atoms with E-state index in [1.165, 1.54) is 31.7 Å². The molecule has 34 nitrogen and oxygen atoms in total. The summed E-state index contributed by atoms with van der Waals surface area (Å²) < 4.78 is 0.392. The predicted molar refractivity (Wildman–Crippen MR) is 347 cm³/mol. The van der Waals surface area contributed by atoms with E-state index < -0.39 is 147 Å². The number of phenolic OH excluding ortho intramolecular Hbond substituents is 1. The number of nitrogens with zero attached hydrogens (tertiary/aromatic N) is 4. The Labute approximate surface area is 579 Å². The minimum absolute atomic E-state index is 0.00684. The van der Waals surface area contributed by atoms with Crippen LogP contribution < -0.4 is 52.5 Å². The summed E-state index contributed by atoms with van der Waals surface area (Å²) in [6.45, 7) is -1.67. The number of carbonyl (C=O) groups is 14. The molecule has 13 N–H and O–H groups in total. The number of urea groups is 1. The van der Waals surface area contributed by atoms with Crippen molar-refractivity contribution in [2.24, 2.45) is 0 Å². The molecule has 0 unspecified atom stereocenters. The molecule has 1 aliphatic heterocycles. The summed E-state index contributed by atoms with van der Waals surface area (Å²) in [5, 5.41) is 111. The van der Waals surface area contributed by atoms with E-state index >= 15 is 0 Å². The van der Waals surface area contributed by atoms with Gasteiger partial charge in [0, 0.05) is 124 Å². The number of benzene rings is 2. The van der Waals surface area contributed by atoms with E-state index in [0.29, 0.717) is 53.2 Å². The molecule has 1 saturated heterocycles. The number of unbranched alkanes of at least 4 members (excludes halogenated alkanes) is 5. The van der Waals surface area contributed by atoms with Gasteiger partial charge < -0.3 is 97.6 Å². The number of nitrogens with one attached hydrogen (secondary N) is 7. The van der Waals surface area contributed by atoms with E-state index in [1.54, 1.807) is 36.4 Å². The molecule has 7 amide bonds. The summed E-state index contributed by atoms with van der Waals surface area (Å²) in [5.74, 6) is -14.4. The van der Waals surface area contributed by atoms with Crippen molar-refractivity contribution in [3.63, 3.8) is 0 Å². The number of aromatic hydroxyl groups is 1. The third-order valence-corrected chi connectivity index (χ3v) is 16.7. The van der Waals surface area contributed by atoms with E-state index in [-0.39, 0.29) is 141 Å². The predicted octanol–water partition coefficient (Wildman–Crippen LogP) is -3.99. The minimum atomic E-state index is -1.54. The Hall–Kier alpha value is -8.81. The number of carbonyl (C=O) groups excluding carboxylic acids is 9. The van der Waals surface area contributed by atoms with Gasteiger partial charge in [-0.1, -0.05) is 49.2 Å². The lowest BCUT2D eigenvalue weighted by Crippen LogP contribution is -2.57. The van der Waals surface area contributed by atoms with Crippen LogP contribution in [0.5, 0.6) is 5.75 Å². The second-order valence-electron chi connectivity index (χ2n) is 23.6. The third-order valence-electron chi connectivity index (χ3n) is 15.8. The fraction of sp³-hybridized carbons (Fsp3) is 0.587. The summed E-state index contributed by atoms with van der Waals surface area (Å²) in [4.78, 5) is 180. The zero-order chi connectivity index (χ0) is 72.7. The Morgan fingerprint density at radius 1 is 0.429 bits per heavy atom. The maximum Gasteiger partial charge on any atom is 0.326 e. The average molecular weight is 1500 g/mol. The summed E-state index contributed by atoms with van der Waals surface area (Å²) in [5.41, 5.74) is 1.01. The van der Waals surface area contributed by atoms with Gasteiger partial charge in [0.2, 0.25) is 29.5 Å². The van der Waals surface area contributed by atoms with E-state index in [1.807, 2.05) is 22.6 Å². The highest BCUT2D eigenvalue weighted by Gasteiger charge is 2.33. The quantitative estimate of drug-likeness (QED) is 0.0222. The Morgan fingerprint density at radius 2 is 0.857 bits per heavy atom. The van der Waals surface area contributed by atoms with Gasteiger partial charge in [0.1, 0.15) is 42.0 Å². The standard InChI is InChI=1S/C63H92IN11O23/c64-42-34-41(18-21-49(42)76)36-46(67-52(79)22-20-48(62(96)97)75-32-30-73(38-55(84)85)28-26-72(37-54(82)83)27-29-74(31-33-75)39-56(86)87)57(88)69-47(35-40-12-4-3-5-13-40)58(89)68-43(59(90)91)14-8-10-24-65-50(77)16-6-1-2-7-17-51(78)66-25-11-9-15-44(60(92)93)70-63(98)71-45(61(94)95)19-23-53(80)81/h3-5,12-13,18,21,34,43-48,76H,1-2,6-11,14-17,19-20,22-33,35-39H2,(H,65,77)(H,66,78)(H,67,79)(H,68,89)(H,69,88)(H,80,81)(H,82,83)(H,84,85)(H,86,87)(H,90,91)(H,92,93)(H,94,95)(H,96,97)(H2,70,71,98)/p-3/t43-,44+,45+,46-,47-,48-/m1/s1. The topological polar surface area (TPSA) is 527 Å². The Bertz CT molecular complexity index is 2970. The maximum atomic E-state index is 14.5. The summed E-state index contributed by atoms with van der Waals surface area (Å²) in [6, 6.07) is 3.08. The first kappa shape index (κ1) is 83.4. The molecule has 6 atom stereocenters. The molecule has 2 aromatic rings. The van der Waals surface area contributed by atoms with Crippen molar-refractivity contribution in [1.82, 2.24) is 56.8 Å². The van der Waals surface area contributed by atoms with Crippen LogP contribution in [0.15, 0.2) is 48.5 Å². The van der Waals surface area contributed by atoms with Gasteiger partial charge in [-0.2, -0.15) is 0 Å². The van der Waals surface area contributed by atoms with Crippen LogP contribution >= 0.6 is 22.6 Å². The molecule has 3 rings (SSSR count). The molecule has 1 aliphatic rings. The van der Waals surface area contributed by atoms with Gasteiger partial charge in [0.05, 0.1) is 21.5 Å². The van der Waals surface area contributed by atoms with Crippen molar-refractivity contribution in [2.45, 2.75) is 152 Å². The average Bonchev–Trinajstić information content (AvgIpc) is 0.864. The van der Waals surface area contributed by atoms with Crippen molar-refractivity contribution in [3.05, 3.63) is 63.2 Å². The molecule has 544 valence electrons. The normalized spacial score (nSPS) is 15.3. The number of amides is 7. The zero-order valence-electron chi connectivity index (χ0n) is 54.3. The van der Waals surface area contributed by atoms with E-state index in [4.69, 9.17) is 5.11 Å². The van der Waals surface area contributed by atoms with Crippen molar-refractivity contribution in [1.29, 1.82) is 0 Å². The summed E-state index contributed by atoms with van der Waals surface area (Å²) in [6.07, 6.45) is 1.60. The maximum absolute atomic E-state index is 14.5. The highest BCUT2D eigenvalue weighted by molar-refractivity contribution is 14.1. The molecular weight excluding hydrogens is 1410 g/mol. The second-order valence-corrected chi connectivity index (χ2v) is 24.7. The van der Waals surface area contributed by atoms with Crippen LogP contribution in [0, 0.1) is 3.57 Å². The molecule has 0 radical (unpaired) electrons. The fourth-order valence-corrected chi connectivity index (χ4v) is 11.1. The molecule has 1 fully saturated rings. The number of hydrogen-bond donors (Lipinski definition) is 13. The first-order chi connectivity index (χ1) is 46.5. The van der Waals surface area contributed by atoms with Crippen LogP contribution in [0.2, 0.25) is 0 Å². The van der Waals surface area contributed by atoms with E-state index in [0.717, 1.165) is 0 Å². The lowest BCUT2D eigenvalue weighted by molar-refractivity contribution is -0.308. The van der Waals surface area contributed by atoms with Gasteiger partial charge in [-0.05, 0) is 110 Å². The smallest absolute Gasteiger partial charge is 0.326 e. The van der Waals surface area contributed by atoms with Gasteiger partial charge in [-0.25, -0.2) is 19.2 Å². The number of carboxylic acid groups (broad SMARTS) is 8. The molecular formula is C63H89IN11O23-3. The van der Waals surface area contributed by atoms with E-state index in [9.17, 15) is 108 Å². The number of rotatable bonds is 45. The van der Waals surface area contributed by atoms with Gasteiger partial charge in [0.15, 0.2) is 0 Å². The Kier molecular flexibility index (Phi) is 38.9. The summed E-state index contributed by atoms with van der Waals surface area (Å²) in [7, 11) is 0. The van der Waals surface area contributed by atoms with Crippen molar-refractivity contribution < 1.29 is 113 Å². The lowest BCUT2D eigenvalue weighted by Gasteiger charge is -2.36. The lowest BCUT2D eigenvalue weighted by atomic mass is 10.0. The van der Waals surface area contributed by atoms with Crippen LogP contribution in [0.1, 0.15) is 114 Å². The number of halogens is 1. The van der Waals surface area contributed by atoms with Gasteiger partial charge in [0.25, 0.3) is 0 Å². The Morgan fingerprint density at radius 3 is 1.30 bits per heavy atom. The number of aliphatic carboxylic acids is 8. The number of carboxylic acids is 8. The van der Waals surface area contributed by atoms with Crippen molar-refractivity contribution in [3.8, 4) is 5.75 Å². The van der Waals surface area contributed by atoms with Crippen LogP contribution in [0.4, 0.5) is 4.79 Å². The monoisotopic (exact) mass is 1490 g/mol. The Balaban J connectivity index is 1.58. The molecule has 0 saturated carbocycles. The molecule has 1 heterocycles. The van der Waals surface area contributed by atoms with Crippen LogP contribution in [-0.4, -0.2) is 255 Å². The molecule has 0 spiro atoms. The second kappa shape index (κ2) is 45.6. The zero-order valence-corrected chi connectivity index (χ0v) is 56.5. The minimum Gasteiger partial charge on any atom is -0.549 e. The van der Waals surface area contributed by atoms with Crippen LogP contribution in [0.3, 0.4) is 0 Å². The summed E-state index contributed by atoms with van der Waals surface area (Å²) >= 11 is 1.86. The highest BCUT2D eigenvalue weighted by Crippen LogP contribution is 2.22. The number of hydrogen-bond acceptors (Lipinski definition) is 22. The molecule has 98 heavy (non-hydrogen) atoms. The SMILES string of the molecule is O=C([O-])CN1CCN(CC(=O)[O-])CCN([C@H](CCC(=O)N[C@H](Cc2ccc(O)c(I)c2)C(=O)N[C@H](Cc2ccccc2)C(=O)N[C@H](CCCCNC(=O)CCCCCCC(=O)NCCCC[C@H](NC(=O)N[C@@H](CCC(=O)O)C(=O)O)C(=O)O)C(=O)O)C(=O)O)CCN(CC(=O)[O-])CC1. The van der Waals surface area contributed by atoms with Gasteiger partial charge >= 0.3 is 35.9 Å². The first-order valence-corrected chi connectivity index (χ1v) is 33.2. The molecule has 2 aromatic carbocycles. The van der Waals surface area contributed by atoms with Crippen molar-refractivity contribution in [2.75, 3.05) is 85.1 Å². The largest absolute Gasteiger partial charge is 0.549 e. The third kappa shape index (κ3) is 35.4. The van der Waals surface area contributed by atoms with Crippen LogP contribution in [0.25, 0.3) is 0 Å². The highest BCUT2D eigenvalue weighted by atomic mass is 127. The van der Waals surface area contributed by atoms with Crippen LogP contribution in [-0.2, 0) is 75.2 Å². The van der Waals surface area contributed by atoms with Crippen molar-refractivity contribution >= 4 is 106 Å². The molecule has 0 aromatic heterocycles. The molecule has 35 heteroatoms.